The molecule has 0 bridgehead atoms. The first-order valence-corrected chi connectivity index (χ1v) is 12.2. The summed E-state index contributed by atoms with van der Waals surface area (Å²) in [5, 5.41) is 7.04. The van der Waals surface area contributed by atoms with Gasteiger partial charge in [0.1, 0.15) is 16.1 Å². The Bertz CT molecular complexity index is 1130. The first-order valence-electron chi connectivity index (χ1n) is 10.9. The molecule has 5 rings (SSSR count). The predicted octanol–water partition coefficient (Wildman–Crippen LogP) is 4.87. The van der Waals surface area contributed by atoms with Gasteiger partial charge < -0.3 is 14.8 Å². The van der Waals surface area contributed by atoms with E-state index < -0.39 is 5.54 Å². The van der Waals surface area contributed by atoms with Crippen LogP contribution in [-0.2, 0) is 17.8 Å². The number of thiophene rings is 1. The Labute approximate surface area is 191 Å². The van der Waals surface area contributed by atoms with E-state index in [0.717, 1.165) is 41.5 Å². The van der Waals surface area contributed by atoms with Gasteiger partial charge in [-0.15, -0.1) is 11.3 Å². The smallest absolute Gasteiger partial charge is 0.271 e. The minimum absolute atomic E-state index is 0.0482. The number of fused-ring (bicyclic) bond motifs is 3. The van der Waals surface area contributed by atoms with Crippen molar-refractivity contribution in [2.24, 2.45) is 0 Å². The molecule has 3 heterocycles. The fourth-order valence-electron chi connectivity index (χ4n) is 4.91. The number of amides is 2. The maximum Gasteiger partial charge on any atom is 0.271 e. The summed E-state index contributed by atoms with van der Waals surface area (Å²) in [6.07, 6.45) is 5.01. The van der Waals surface area contributed by atoms with E-state index in [1.54, 1.807) is 16.2 Å². The first-order chi connectivity index (χ1) is 15.0. The molecule has 7 heteroatoms. The van der Waals surface area contributed by atoms with E-state index in [0.29, 0.717) is 30.2 Å². The van der Waals surface area contributed by atoms with Crippen LogP contribution < -0.4 is 5.32 Å². The van der Waals surface area contributed by atoms with Crippen molar-refractivity contribution >= 4 is 45.0 Å². The number of hydrogen-bond acceptors (Lipinski definition) is 3. The van der Waals surface area contributed by atoms with Crippen molar-refractivity contribution in [2.45, 2.75) is 57.2 Å². The first kappa shape index (κ1) is 20.6. The summed E-state index contributed by atoms with van der Waals surface area (Å²) in [6, 6.07) is 11.9. The number of nitrogens with zero attached hydrogens (tertiary/aromatic N) is 2. The number of hydrogen-bond donors (Lipinski definition) is 1. The Kier molecular flexibility index (Phi) is 5.30. The molecule has 0 unspecified atom stereocenters. The van der Waals surface area contributed by atoms with Crippen LogP contribution in [0.2, 0.25) is 5.02 Å². The molecule has 1 aromatic carbocycles. The molecule has 3 aromatic rings. The van der Waals surface area contributed by atoms with Gasteiger partial charge in [0, 0.05) is 23.0 Å². The highest BCUT2D eigenvalue weighted by molar-refractivity contribution is 7.16. The topological polar surface area (TPSA) is 54.3 Å². The van der Waals surface area contributed by atoms with E-state index in [1.165, 1.54) is 0 Å². The van der Waals surface area contributed by atoms with Gasteiger partial charge in [-0.2, -0.15) is 0 Å². The summed E-state index contributed by atoms with van der Waals surface area (Å²) in [6.45, 7) is 2.87. The lowest BCUT2D eigenvalue weighted by Crippen LogP contribution is -2.65. The highest BCUT2D eigenvalue weighted by Gasteiger charge is 2.48. The number of aromatic nitrogens is 1. The van der Waals surface area contributed by atoms with Crippen LogP contribution in [0.15, 0.2) is 41.8 Å². The fraction of sp³-hybridized carbons (Fsp3) is 0.417. The summed E-state index contributed by atoms with van der Waals surface area (Å²) >= 11 is 7.63. The molecule has 5 nitrogen and oxygen atoms in total. The summed E-state index contributed by atoms with van der Waals surface area (Å²) in [5.41, 5.74) is 0.830. The van der Waals surface area contributed by atoms with E-state index >= 15 is 0 Å². The van der Waals surface area contributed by atoms with Gasteiger partial charge in [-0.1, -0.05) is 36.6 Å². The van der Waals surface area contributed by atoms with E-state index in [9.17, 15) is 9.59 Å². The Morgan fingerprint density at radius 2 is 1.97 bits per heavy atom. The van der Waals surface area contributed by atoms with Gasteiger partial charge in [0.25, 0.3) is 5.91 Å². The number of carbonyl (C=O) groups excluding carboxylic acids is 2. The zero-order valence-electron chi connectivity index (χ0n) is 17.6. The second-order valence-electron chi connectivity index (χ2n) is 8.86. The number of rotatable bonds is 5. The van der Waals surface area contributed by atoms with Gasteiger partial charge in [0.15, 0.2) is 0 Å². The molecular weight excluding hydrogens is 430 g/mol. The van der Waals surface area contributed by atoms with Crippen LogP contribution in [0.25, 0.3) is 10.2 Å². The molecule has 2 aromatic heterocycles. The molecule has 2 amide bonds. The van der Waals surface area contributed by atoms with Crippen molar-refractivity contribution < 1.29 is 9.59 Å². The zero-order chi connectivity index (χ0) is 21.6. The summed E-state index contributed by atoms with van der Waals surface area (Å²) in [7, 11) is 0. The van der Waals surface area contributed by atoms with Gasteiger partial charge in [0.05, 0.1) is 6.54 Å². The molecule has 1 aliphatic heterocycles. The normalized spacial score (nSPS) is 21.6. The second-order valence-corrected chi connectivity index (χ2v) is 10.2. The lowest BCUT2D eigenvalue weighted by atomic mass is 9.93. The summed E-state index contributed by atoms with van der Waals surface area (Å²) in [4.78, 5) is 30.0. The van der Waals surface area contributed by atoms with Crippen molar-refractivity contribution in [3.05, 3.63) is 58.1 Å². The molecule has 0 radical (unpaired) electrons. The molecule has 31 heavy (non-hydrogen) atoms. The highest BCUT2D eigenvalue weighted by atomic mass is 35.5. The number of benzene rings is 1. The third-order valence-corrected chi connectivity index (χ3v) is 7.95. The fourth-order valence-corrected chi connectivity index (χ4v) is 5.93. The standard InChI is InChI=1S/C24H26ClN3O2S/c1-24(23(30)26-19-4-2-3-5-19)15-27-20(14-17-11-13-31-22(17)27)21(29)28(24)12-10-16-6-8-18(25)9-7-16/h6-9,11,13-14,19H,2-5,10,12,15H2,1H3,(H,26,30)/t24-/m0/s1. The number of halogens is 1. The van der Waals surface area contributed by atoms with E-state index in [2.05, 4.69) is 5.32 Å². The van der Waals surface area contributed by atoms with Crippen LogP contribution in [0.1, 0.15) is 48.7 Å². The number of carbonyl (C=O) groups is 2. The molecule has 162 valence electrons. The molecule has 0 spiro atoms. The summed E-state index contributed by atoms with van der Waals surface area (Å²) < 4.78 is 2.04. The molecule has 1 atom stereocenters. The second kappa shape index (κ2) is 7.99. The minimum Gasteiger partial charge on any atom is -0.351 e. The third-order valence-electron chi connectivity index (χ3n) is 6.75. The molecule has 1 saturated carbocycles. The zero-order valence-corrected chi connectivity index (χ0v) is 19.1. The SMILES string of the molecule is C[C@@]1(C(=O)NC2CCCC2)Cn2c(cc3ccsc32)C(=O)N1CCc1ccc(Cl)cc1. The molecule has 2 aliphatic rings. The Morgan fingerprint density at radius 3 is 2.71 bits per heavy atom. The third kappa shape index (κ3) is 3.66. The van der Waals surface area contributed by atoms with Crippen molar-refractivity contribution in [1.82, 2.24) is 14.8 Å². The van der Waals surface area contributed by atoms with Gasteiger partial charge in [-0.3, -0.25) is 9.59 Å². The van der Waals surface area contributed by atoms with Crippen molar-refractivity contribution in [1.29, 1.82) is 0 Å². The Hall–Kier alpha value is -2.31. The maximum atomic E-state index is 13.6. The average molecular weight is 456 g/mol. The van der Waals surface area contributed by atoms with E-state index in [1.807, 2.05) is 53.3 Å². The Morgan fingerprint density at radius 1 is 1.23 bits per heavy atom. The van der Waals surface area contributed by atoms with Crippen LogP contribution in [0.3, 0.4) is 0 Å². The largest absolute Gasteiger partial charge is 0.351 e. The van der Waals surface area contributed by atoms with Gasteiger partial charge in [0.2, 0.25) is 5.91 Å². The van der Waals surface area contributed by atoms with Crippen molar-refractivity contribution in [3.63, 3.8) is 0 Å². The van der Waals surface area contributed by atoms with Crippen LogP contribution in [0, 0.1) is 0 Å². The Balaban J connectivity index is 1.48. The van der Waals surface area contributed by atoms with Crippen molar-refractivity contribution in [3.8, 4) is 0 Å². The molecule has 1 aliphatic carbocycles. The lowest BCUT2D eigenvalue weighted by molar-refractivity contribution is -0.133. The van der Waals surface area contributed by atoms with E-state index in [4.69, 9.17) is 11.6 Å². The quantitative estimate of drug-likeness (QED) is 0.596. The predicted molar refractivity (Wildman–Crippen MR) is 125 cm³/mol. The lowest BCUT2D eigenvalue weighted by Gasteiger charge is -2.44. The average Bonchev–Trinajstić information content (AvgIpc) is 3.48. The van der Waals surface area contributed by atoms with Crippen LogP contribution >= 0.6 is 22.9 Å². The van der Waals surface area contributed by atoms with Crippen LogP contribution in [-0.4, -0.2) is 39.4 Å². The molecule has 1 fully saturated rings. The summed E-state index contributed by atoms with van der Waals surface area (Å²) in [5.74, 6) is -0.124. The van der Waals surface area contributed by atoms with Gasteiger partial charge >= 0.3 is 0 Å². The van der Waals surface area contributed by atoms with E-state index in [-0.39, 0.29) is 17.9 Å². The van der Waals surface area contributed by atoms with Crippen molar-refractivity contribution in [2.75, 3.05) is 6.54 Å². The molecule has 0 saturated heterocycles. The molecule has 1 N–H and O–H groups in total. The maximum absolute atomic E-state index is 13.6. The van der Waals surface area contributed by atoms with Crippen LogP contribution in [0.4, 0.5) is 0 Å². The van der Waals surface area contributed by atoms with Crippen LogP contribution in [0.5, 0.6) is 0 Å². The number of nitrogens with one attached hydrogen (secondary N) is 1. The highest BCUT2D eigenvalue weighted by Crippen LogP contribution is 2.35. The molecular formula is C24H26ClN3O2S. The minimum atomic E-state index is -0.935. The monoisotopic (exact) mass is 455 g/mol. The van der Waals surface area contributed by atoms with Gasteiger partial charge in [-0.25, -0.2) is 0 Å². The van der Waals surface area contributed by atoms with Gasteiger partial charge in [-0.05, 0) is 61.4 Å².